The third-order valence-electron chi connectivity index (χ3n) is 3.90. The van der Waals surface area contributed by atoms with E-state index in [0.717, 1.165) is 5.17 Å². The van der Waals surface area contributed by atoms with Gasteiger partial charge >= 0.3 is 0 Å². The Morgan fingerprint density at radius 3 is 1.86 bits per heavy atom. The minimum Gasteiger partial charge on any atom is -0.356 e. The van der Waals surface area contributed by atoms with Crippen LogP contribution in [0.25, 0.3) is 0 Å². The summed E-state index contributed by atoms with van der Waals surface area (Å²) in [5.74, 6) is 0. The van der Waals surface area contributed by atoms with Gasteiger partial charge in [0.15, 0.2) is 5.17 Å². The fourth-order valence-electron chi connectivity index (χ4n) is 2.63. The van der Waals surface area contributed by atoms with Gasteiger partial charge in [-0.2, -0.15) is 0 Å². The first-order valence-corrected chi connectivity index (χ1v) is 8.41. The second-order valence-electron chi connectivity index (χ2n) is 5.53. The number of halogens is 1. The standard InChI is InChI=1S/C18H20N2S.HI/c1-12-4-8-14(9-5-12)16-17(20-18(19-16)21-3)15-10-6-13(2)7-11-15;/h4-11,16-17H,1-3H3,(H,19,20);1H/t16-,17+;. The Balaban J connectivity index is 0.00000176. The molecule has 0 amide bonds. The summed E-state index contributed by atoms with van der Waals surface area (Å²) in [5, 5.41) is 4.57. The van der Waals surface area contributed by atoms with Crippen LogP contribution in [0.4, 0.5) is 0 Å². The van der Waals surface area contributed by atoms with Gasteiger partial charge in [-0.05, 0) is 31.2 Å². The number of benzene rings is 2. The highest BCUT2D eigenvalue weighted by molar-refractivity contribution is 14.0. The molecule has 116 valence electrons. The van der Waals surface area contributed by atoms with E-state index in [1.807, 2.05) is 0 Å². The lowest BCUT2D eigenvalue weighted by Gasteiger charge is -2.20. The zero-order chi connectivity index (χ0) is 14.8. The van der Waals surface area contributed by atoms with Crippen LogP contribution in [0.5, 0.6) is 0 Å². The van der Waals surface area contributed by atoms with Crippen LogP contribution in [0.1, 0.15) is 34.3 Å². The summed E-state index contributed by atoms with van der Waals surface area (Å²) in [6.07, 6.45) is 2.07. The zero-order valence-electron chi connectivity index (χ0n) is 13.0. The van der Waals surface area contributed by atoms with Crippen molar-refractivity contribution in [3.63, 3.8) is 0 Å². The van der Waals surface area contributed by atoms with Gasteiger partial charge in [-0.15, -0.1) is 24.0 Å². The molecule has 1 heterocycles. The van der Waals surface area contributed by atoms with E-state index < -0.39 is 0 Å². The predicted octanol–water partition coefficient (Wildman–Crippen LogP) is 5.03. The molecule has 4 heteroatoms. The lowest BCUT2D eigenvalue weighted by atomic mass is 9.94. The molecule has 2 nitrogen and oxygen atoms in total. The third kappa shape index (κ3) is 3.66. The van der Waals surface area contributed by atoms with Gasteiger partial charge in [-0.3, -0.25) is 4.99 Å². The number of nitrogens with one attached hydrogen (secondary N) is 1. The molecule has 0 bridgehead atoms. The van der Waals surface area contributed by atoms with E-state index in [9.17, 15) is 0 Å². The van der Waals surface area contributed by atoms with Gasteiger partial charge in [0, 0.05) is 0 Å². The van der Waals surface area contributed by atoms with Crippen LogP contribution in [-0.4, -0.2) is 11.4 Å². The average Bonchev–Trinajstić information content (AvgIpc) is 2.93. The highest BCUT2D eigenvalue weighted by Crippen LogP contribution is 2.37. The van der Waals surface area contributed by atoms with Gasteiger partial charge in [0.25, 0.3) is 0 Å². The molecule has 0 saturated heterocycles. The van der Waals surface area contributed by atoms with Gasteiger partial charge in [0.05, 0.1) is 6.04 Å². The number of hydrogen-bond donors (Lipinski definition) is 1. The number of aliphatic imine (C=N–C) groups is 1. The molecule has 2 atom stereocenters. The second-order valence-corrected chi connectivity index (χ2v) is 6.32. The van der Waals surface area contributed by atoms with E-state index in [1.54, 1.807) is 11.8 Å². The van der Waals surface area contributed by atoms with Gasteiger partial charge in [-0.25, -0.2) is 0 Å². The smallest absolute Gasteiger partial charge is 0.157 e. The lowest BCUT2D eigenvalue weighted by Crippen LogP contribution is -2.22. The summed E-state index contributed by atoms with van der Waals surface area (Å²) in [5.41, 5.74) is 5.13. The molecule has 1 aliphatic heterocycles. The van der Waals surface area contributed by atoms with Crippen LogP contribution < -0.4 is 5.32 Å². The van der Waals surface area contributed by atoms with E-state index in [1.165, 1.54) is 22.3 Å². The highest BCUT2D eigenvalue weighted by atomic mass is 127. The Hall–Kier alpha value is -1.01. The number of aryl methyl sites for hydroxylation is 2. The van der Waals surface area contributed by atoms with Crippen molar-refractivity contribution in [3.05, 3.63) is 70.8 Å². The van der Waals surface area contributed by atoms with E-state index in [4.69, 9.17) is 4.99 Å². The molecule has 2 aromatic carbocycles. The van der Waals surface area contributed by atoms with E-state index >= 15 is 0 Å². The molecule has 1 aliphatic rings. The monoisotopic (exact) mass is 424 g/mol. The highest BCUT2D eigenvalue weighted by Gasteiger charge is 2.30. The average molecular weight is 424 g/mol. The van der Waals surface area contributed by atoms with Crippen LogP contribution in [0.2, 0.25) is 0 Å². The Morgan fingerprint density at radius 2 is 1.36 bits per heavy atom. The van der Waals surface area contributed by atoms with Crippen LogP contribution in [0, 0.1) is 13.8 Å². The molecule has 22 heavy (non-hydrogen) atoms. The van der Waals surface area contributed by atoms with Gasteiger partial charge < -0.3 is 5.32 Å². The van der Waals surface area contributed by atoms with E-state index in [0.29, 0.717) is 0 Å². The maximum absolute atomic E-state index is 4.86. The normalized spacial score (nSPS) is 20.0. The minimum atomic E-state index is 0. The van der Waals surface area contributed by atoms with Crippen LogP contribution in [0.3, 0.4) is 0 Å². The van der Waals surface area contributed by atoms with Crippen molar-refractivity contribution in [2.45, 2.75) is 25.9 Å². The second kappa shape index (κ2) is 7.51. The molecule has 1 N–H and O–H groups in total. The van der Waals surface area contributed by atoms with Crippen molar-refractivity contribution in [2.75, 3.05) is 6.26 Å². The molecular formula is C18H21IN2S. The van der Waals surface area contributed by atoms with Crippen LogP contribution in [0.15, 0.2) is 53.5 Å². The molecule has 0 aromatic heterocycles. The summed E-state index contributed by atoms with van der Waals surface area (Å²) in [6, 6.07) is 17.8. The number of nitrogens with zero attached hydrogens (tertiary/aromatic N) is 1. The fourth-order valence-corrected chi connectivity index (χ4v) is 3.10. The van der Waals surface area contributed by atoms with Crippen molar-refractivity contribution in [1.29, 1.82) is 0 Å². The number of thioether (sulfide) groups is 1. The maximum Gasteiger partial charge on any atom is 0.157 e. The predicted molar refractivity (Wildman–Crippen MR) is 107 cm³/mol. The SMILES string of the molecule is CSC1=N[C@@H](c2ccc(C)cc2)[C@@H](c2ccc(C)cc2)N1.I. The van der Waals surface area contributed by atoms with Crippen molar-refractivity contribution in [1.82, 2.24) is 5.32 Å². The molecule has 2 aromatic rings. The third-order valence-corrected chi connectivity index (χ3v) is 4.51. The summed E-state index contributed by atoms with van der Waals surface area (Å²) in [4.78, 5) is 4.86. The van der Waals surface area contributed by atoms with E-state index in [-0.39, 0.29) is 36.1 Å². The zero-order valence-corrected chi connectivity index (χ0v) is 16.2. The Morgan fingerprint density at radius 1 is 0.864 bits per heavy atom. The quantitative estimate of drug-likeness (QED) is 0.685. The first-order chi connectivity index (χ1) is 10.2. The number of hydrogen-bond acceptors (Lipinski definition) is 3. The molecule has 0 aliphatic carbocycles. The molecule has 0 fully saturated rings. The lowest BCUT2D eigenvalue weighted by molar-refractivity contribution is 0.573. The van der Waals surface area contributed by atoms with E-state index in [2.05, 4.69) is 74.0 Å². The Bertz CT molecular complexity index is 650. The number of amidine groups is 1. The van der Waals surface area contributed by atoms with Crippen LogP contribution >= 0.6 is 35.7 Å². The summed E-state index contributed by atoms with van der Waals surface area (Å²) in [7, 11) is 0. The van der Waals surface area contributed by atoms with Crippen molar-refractivity contribution in [2.24, 2.45) is 4.99 Å². The summed E-state index contributed by atoms with van der Waals surface area (Å²) < 4.78 is 0. The molecule has 0 radical (unpaired) electrons. The molecule has 0 unspecified atom stereocenters. The number of rotatable bonds is 2. The molecule has 0 spiro atoms. The summed E-state index contributed by atoms with van der Waals surface area (Å²) in [6.45, 7) is 4.23. The molecule has 3 rings (SSSR count). The minimum absolute atomic E-state index is 0. The first-order valence-electron chi connectivity index (χ1n) is 7.19. The Labute approximate surface area is 153 Å². The van der Waals surface area contributed by atoms with Crippen molar-refractivity contribution >= 4 is 40.9 Å². The van der Waals surface area contributed by atoms with Crippen LogP contribution in [-0.2, 0) is 0 Å². The van der Waals surface area contributed by atoms with Crippen molar-refractivity contribution in [3.8, 4) is 0 Å². The largest absolute Gasteiger partial charge is 0.356 e. The maximum atomic E-state index is 4.86. The van der Waals surface area contributed by atoms with Gasteiger partial charge in [0.2, 0.25) is 0 Å². The fraction of sp³-hybridized carbons (Fsp3) is 0.278. The summed E-state index contributed by atoms with van der Waals surface area (Å²) >= 11 is 1.67. The topological polar surface area (TPSA) is 24.4 Å². The molecule has 0 saturated carbocycles. The van der Waals surface area contributed by atoms with Gasteiger partial charge in [-0.1, -0.05) is 71.4 Å². The molecular weight excluding hydrogens is 403 g/mol. The Kier molecular flexibility index (Phi) is 5.92. The first kappa shape index (κ1) is 17.3. The van der Waals surface area contributed by atoms with Crippen molar-refractivity contribution < 1.29 is 0 Å². The van der Waals surface area contributed by atoms with Gasteiger partial charge in [0.1, 0.15) is 6.04 Å².